The lowest BCUT2D eigenvalue weighted by atomic mass is 10.0. The molecule has 7 heteroatoms. The van der Waals surface area contributed by atoms with Gasteiger partial charge in [-0.2, -0.15) is 0 Å². The molecule has 2 amide bonds. The van der Waals surface area contributed by atoms with Crippen LogP contribution in [-0.2, 0) is 22.6 Å². The average Bonchev–Trinajstić information content (AvgIpc) is 2.81. The van der Waals surface area contributed by atoms with E-state index < -0.39 is 6.04 Å². The molecule has 0 unspecified atom stereocenters. The maximum atomic E-state index is 13.4. The van der Waals surface area contributed by atoms with Crippen LogP contribution >= 0.6 is 39.3 Å². The molecular formula is C25H24BrClN2O2S. The van der Waals surface area contributed by atoms with Crippen LogP contribution in [0.2, 0.25) is 5.02 Å². The van der Waals surface area contributed by atoms with Gasteiger partial charge in [0.2, 0.25) is 11.8 Å². The monoisotopic (exact) mass is 530 g/mol. The highest BCUT2D eigenvalue weighted by molar-refractivity contribution is 9.10. The minimum Gasteiger partial charge on any atom is -0.357 e. The van der Waals surface area contributed by atoms with Gasteiger partial charge >= 0.3 is 0 Å². The summed E-state index contributed by atoms with van der Waals surface area (Å²) >= 11 is 10.9. The molecule has 0 fully saturated rings. The molecule has 166 valence electrons. The molecule has 3 rings (SSSR count). The molecule has 0 spiro atoms. The van der Waals surface area contributed by atoms with Crippen molar-refractivity contribution in [3.05, 3.63) is 99.5 Å². The van der Waals surface area contributed by atoms with Crippen LogP contribution in [0.15, 0.2) is 88.2 Å². The van der Waals surface area contributed by atoms with Crippen LogP contribution in [0.5, 0.6) is 0 Å². The number of hydrogen-bond acceptors (Lipinski definition) is 3. The molecule has 0 aromatic heterocycles. The first-order chi connectivity index (χ1) is 15.5. The Labute approximate surface area is 206 Å². The van der Waals surface area contributed by atoms with Gasteiger partial charge in [-0.05, 0) is 47.5 Å². The number of thioether (sulfide) groups is 1. The fraction of sp³-hybridized carbons (Fsp3) is 0.200. The van der Waals surface area contributed by atoms with Crippen LogP contribution in [0.4, 0.5) is 0 Å². The summed E-state index contributed by atoms with van der Waals surface area (Å²) in [4.78, 5) is 28.9. The summed E-state index contributed by atoms with van der Waals surface area (Å²) in [7, 11) is 1.60. The normalized spacial score (nSPS) is 11.6. The Morgan fingerprint density at radius 1 is 1.00 bits per heavy atom. The Morgan fingerprint density at radius 3 is 2.34 bits per heavy atom. The van der Waals surface area contributed by atoms with Crippen molar-refractivity contribution in [1.29, 1.82) is 0 Å². The van der Waals surface area contributed by atoms with Crippen LogP contribution < -0.4 is 5.32 Å². The highest BCUT2D eigenvalue weighted by atomic mass is 79.9. The first kappa shape index (κ1) is 24.4. The number of halogens is 2. The lowest BCUT2D eigenvalue weighted by Crippen LogP contribution is -2.50. The molecular weight excluding hydrogens is 508 g/mol. The largest absolute Gasteiger partial charge is 0.357 e. The van der Waals surface area contributed by atoms with Crippen LogP contribution in [0, 0.1) is 0 Å². The van der Waals surface area contributed by atoms with Gasteiger partial charge in [0.1, 0.15) is 6.04 Å². The SMILES string of the molecule is CNC(=O)[C@H](Cc1ccccc1)N(Cc1cccc(Br)c1)C(=O)CSc1ccc(Cl)cc1. The van der Waals surface area contributed by atoms with E-state index >= 15 is 0 Å². The molecule has 0 aliphatic rings. The predicted octanol–water partition coefficient (Wildman–Crippen LogP) is 5.58. The number of likely N-dealkylation sites (N-methyl/N-ethyl adjacent to an activating group) is 1. The topological polar surface area (TPSA) is 49.4 Å². The predicted molar refractivity (Wildman–Crippen MR) is 135 cm³/mol. The number of carbonyl (C=O) groups excluding carboxylic acids is 2. The van der Waals surface area contributed by atoms with Crippen molar-refractivity contribution < 1.29 is 9.59 Å². The average molecular weight is 532 g/mol. The molecule has 1 N–H and O–H groups in total. The summed E-state index contributed by atoms with van der Waals surface area (Å²) < 4.78 is 0.928. The van der Waals surface area contributed by atoms with E-state index in [1.54, 1.807) is 24.1 Å². The molecule has 32 heavy (non-hydrogen) atoms. The molecule has 0 saturated carbocycles. The summed E-state index contributed by atoms with van der Waals surface area (Å²) in [6.07, 6.45) is 0.436. The second-order valence-corrected chi connectivity index (χ2v) is 9.61. The summed E-state index contributed by atoms with van der Waals surface area (Å²) in [6.45, 7) is 0.338. The molecule has 0 radical (unpaired) electrons. The second-order valence-electron chi connectivity index (χ2n) is 7.21. The Bertz CT molecular complexity index is 1050. The smallest absolute Gasteiger partial charge is 0.242 e. The third kappa shape index (κ3) is 7.12. The molecule has 0 bridgehead atoms. The molecule has 3 aromatic rings. The summed E-state index contributed by atoms with van der Waals surface area (Å²) in [5.41, 5.74) is 1.95. The first-order valence-electron chi connectivity index (χ1n) is 10.1. The van der Waals surface area contributed by atoms with E-state index in [9.17, 15) is 9.59 Å². The zero-order chi connectivity index (χ0) is 22.9. The fourth-order valence-electron chi connectivity index (χ4n) is 3.31. The molecule has 1 atom stereocenters. The van der Waals surface area contributed by atoms with Crippen LogP contribution in [-0.4, -0.2) is 35.6 Å². The van der Waals surface area contributed by atoms with Gasteiger partial charge in [-0.25, -0.2) is 0 Å². The quantitative estimate of drug-likeness (QED) is 0.367. The molecule has 0 aliphatic heterocycles. The van der Waals surface area contributed by atoms with E-state index in [2.05, 4.69) is 21.2 Å². The third-order valence-corrected chi connectivity index (χ3v) is 6.68. The van der Waals surface area contributed by atoms with Crippen molar-refractivity contribution in [3.63, 3.8) is 0 Å². The second kappa shape index (κ2) is 12.1. The summed E-state index contributed by atoms with van der Waals surface area (Å²) in [5.74, 6) is -0.0686. The van der Waals surface area contributed by atoms with Crippen LogP contribution in [0.3, 0.4) is 0 Å². The summed E-state index contributed by atoms with van der Waals surface area (Å²) in [6, 6.07) is 24.3. The number of nitrogens with one attached hydrogen (secondary N) is 1. The van der Waals surface area contributed by atoms with Crippen molar-refractivity contribution in [2.75, 3.05) is 12.8 Å². The van der Waals surface area contributed by atoms with Crippen molar-refractivity contribution >= 4 is 51.1 Å². The van der Waals surface area contributed by atoms with Gasteiger partial charge in [0.05, 0.1) is 5.75 Å². The first-order valence-corrected chi connectivity index (χ1v) is 12.3. The Hall–Kier alpha value is -2.28. The number of benzene rings is 3. The van der Waals surface area contributed by atoms with Gasteiger partial charge < -0.3 is 10.2 Å². The van der Waals surface area contributed by atoms with Gasteiger partial charge in [-0.1, -0.05) is 70.0 Å². The van der Waals surface area contributed by atoms with Gasteiger partial charge in [0, 0.05) is 34.4 Å². The zero-order valence-corrected chi connectivity index (χ0v) is 20.8. The summed E-state index contributed by atoms with van der Waals surface area (Å²) in [5, 5.41) is 3.39. The van der Waals surface area contributed by atoms with E-state index in [0.717, 1.165) is 20.5 Å². The number of hydrogen-bond donors (Lipinski definition) is 1. The highest BCUT2D eigenvalue weighted by Gasteiger charge is 2.29. The van der Waals surface area contributed by atoms with E-state index in [0.29, 0.717) is 18.0 Å². The van der Waals surface area contributed by atoms with Gasteiger partial charge in [0.15, 0.2) is 0 Å². The molecule has 4 nitrogen and oxygen atoms in total. The maximum absolute atomic E-state index is 13.4. The standard InChI is InChI=1S/C25H24BrClN2O2S/c1-28-25(31)23(15-18-6-3-2-4-7-18)29(16-19-8-5-9-20(26)14-19)24(30)17-32-22-12-10-21(27)11-13-22/h2-14,23H,15-17H2,1H3,(H,28,31)/t23-/m0/s1. The zero-order valence-electron chi connectivity index (χ0n) is 17.6. The van der Waals surface area contributed by atoms with E-state index in [1.165, 1.54) is 11.8 Å². The molecule has 3 aromatic carbocycles. The lowest BCUT2D eigenvalue weighted by molar-refractivity contribution is -0.139. The minimum atomic E-state index is -0.625. The van der Waals surface area contributed by atoms with Crippen molar-refractivity contribution in [2.45, 2.75) is 23.9 Å². The van der Waals surface area contributed by atoms with Crippen molar-refractivity contribution in [1.82, 2.24) is 10.2 Å². The Morgan fingerprint density at radius 2 is 1.69 bits per heavy atom. The third-order valence-electron chi connectivity index (χ3n) is 4.94. The lowest BCUT2D eigenvalue weighted by Gasteiger charge is -2.31. The molecule has 0 heterocycles. The number of amides is 2. The number of carbonyl (C=O) groups is 2. The van der Waals surface area contributed by atoms with Crippen LogP contribution in [0.1, 0.15) is 11.1 Å². The Balaban J connectivity index is 1.86. The maximum Gasteiger partial charge on any atom is 0.242 e. The van der Waals surface area contributed by atoms with E-state index in [-0.39, 0.29) is 17.6 Å². The van der Waals surface area contributed by atoms with Crippen molar-refractivity contribution in [3.8, 4) is 0 Å². The van der Waals surface area contributed by atoms with Crippen molar-refractivity contribution in [2.24, 2.45) is 0 Å². The highest BCUT2D eigenvalue weighted by Crippen LogP contribution is 2.23. The number of nitrogens with zero attached hydrogens (tertiary/aromatic N) is 1. The number of rotatable bonds is 9. The van der Waals surface area contributed by atoms with Crippen LogP contribution in [0.25, 0.3) is 0 Å². The Kier molecular flexibility index (Phi) is 9.21. The fourth-order valence-corrected chi connectivity index (χ4v) is 4.67. The molecule has 0 aliphatic carbocycles. The van der Waals surface area contributed by atoms with Gasteiger partial charge in [0.25, 0.3) is 0 Å². The minimum absolute atomic E-state index is 0.102. The van der Waals surface area contributed by atoms with Gasteiger partial charge in [-0.15, -0.1) is 11.8 Å². The molecule has 0 saturated heterocycles. The van der Waals surface area contributed by atoms with Gasteiger partial charge in [-0.3, -0.25) is 9.59 Å². The van der Waals surface area contributed by atoms with E-state index in [4.69, 9.17) is 11.6 Å². The van der Waals surface area contributed by atoms with E-state index in [1.807, 2.05) is 66.7 Å².